The predicted octanol–water partition coefficient (Wildman–Crippen LogP) is 4.78. The Kier molecular flexibility index (Phi) is 7.02. The lowest BCUT2D eigenvalue weighted by Gasteiger charge is -2.02. The van der Waals surface area contributed by atoms with Crippen molar-refractivity contribution < 1.29 is 0 Å². The van der Waals surface area contributed by atoms with Gasteiger partial charge in [-0.25, -0.2) is 0 Å². The third kappa shape index (κ3) is 3.58. The van der Waals surface area contributed by atoms with Crippen molar-refractivity contribution in [2.75, 3.05) is 5.73 Å². The Morgan fingerprint density at radius 1 is 0.875 bits per heavy atom. The zero-order valence-electron chi connectivity index (χ0n) is 11.0. The van der Waals surface area contributed by atoms with Crippen molar-refractivity contribution in [3.05, 3.63) is 42.0 Å². The molecule has 0 saturated carbocycles. The predicted molar refractivity (Wildman–Crippen MR) is 75.8 cm³/mol. The van der Waals surface area contributed by atoms with Crippen molar-refractivity contribution >= 4 is 16.5 Å². The Labute approximate surface area is 99.3 Å². The fourth-order valence-corrected chi connectivity index (χ4v) is 1.53. The molecule has 0 amide bonds. The van der Waals surface area contributed by atoms with E-state index in [9.17, 15) is 0 Å². The molecule has 0 aromatic heterocycles. The third-order valence-electron chi connectivity index (χ3n) is 2.09. The van der Waals surface area contributed by atoms with Crippen LogP contribution in [0.3, 0.4) is 0 Å². The fraction of sp³-hybridized carbons (Fsp3) is 0.333. The molecule has 2 N–H and O–H groups in total. The second-order valence-corrected chi connectivity index (χ2v) is 3.06. The van der Waals surface area contributed by atoms with E-state index in [1.54, 1.807) is 0 Å². The first-order valence-corrected chi connectivity index (χ1v) is 6.02. The highest BCUT2D eigenvalue weighted by Gasteiger charge is 1.96. The second kappa shape index (κ2) is 7.75. The highest BCUT2D eigenvalue weighted by Crippen LogP contribution is 2.20. The summed E-state index contributed by atoms with van der Waals surface area (Å²) in [6.07, 6.45) is 0. The molecule has 0 aliphatic rings. The highest BCUT2D eigenvalue weighted by molar-refractivity contribution is 5.88. The van der Waals surface area contributed by atoms with Gasteiger partial charge < -0.3 is 5.73 Å². The molecule has 16 heavy (non-hydrogen) atoms. The Morgan fingerprint density at radius 3 is 2.06 bits per heavy atom. The van der Waals surface area contributed by atoms with Gasteiger partial charge in [0.05, 0.1) is 0 Å². The Morgan fingerprint density at radius 2 is 1.44 bits per heavy atom. The molecule has 2 aromatic carbocycles. The Hall–Kier alpha value is -1.50. The number of nitrogen functional groups attached to an aromatic ring is 1. The van der Waals surface area contributed by atoms with E-state index in [1.807, 2.05) is 52.0 Å². The van der Waals surface area contributed by atoms with Gasteiger partial charge >= 0.3 is 0 Å². The molecular weight excluding hydrogens is 194 g/mol. The summed E-state index contributed by atoms with van der Waals surface area (Å²) in [5.41, 5.74) is 7.81. The largest absolute Gasteiger partial charge is 0.399 e. The van der Waals surface area contributed by atoms with Crippen molar-refractivity contribution in [3.8, 4) is 0 Å². The van der Waals surface area contributed by atoms with Crippen LogP contribution < -0.4 is 5.73 Å². The molecule has 0 aliphatic carbocycles. The first-order chi connectivity index (χ1) is 7.77. The van der Waals surface area contributed by atoms with E-state index in [0.717, 1.165) is 5.69 Å². The molecule has 0 radical (unpaired) electrons. The van der Waals surface area contributed by atoms with E-state index in [0.29, 0.717) is 0 Å². The van der Waals surface area contributed by atoms with Gasteiger partial charge in [0.1, 0.15) is 0 Å². The summed E-state index contributed by atoms with van der Waals surface area (Å²) < 4.78 is 0. The molecule has 0 saturated heterocycles. The zero-order valence-corrected chi connectivity index (χ0v) is 11.0. The molecule has 2 aromatic rings. The average molecular weight is 217 g/mol. The summed E-state index contributed by atoms with van der Waals surface area (Å²) in [6.45, 7) is 10.1. The monoisotopic (exact) mass is 217 g/mol. The van der Waals surface area contributed by atoms with Crippen molar-refractivity contribution in [2.24, 2.45) is 0 Å². The second-order valence-electron chi connectivity index (χ2n) is 3.06. The van der Waals surface area contributed by atoms with Crippen LogP contribution in [0.4, 0.5) is 5.69 Å². The molecule has 1 nitrogen and oxygen atoms in total. The number of benzene rings is 2. The highest BCUT2D eigenvalue weighted by atomic mass is 14.5. The lowest BCUT2D eigenvalue weighted by molar-refractivity contribution is 1.50. The standard InChI is InChI=1S/C11H11N.2C2H6/c1-8-6-10(12)7-9-4-2-3-5-11(8)9;2*1-2/h2-7H,12H2,1H3;2*1-2H3. The first-order valence-electron chi connectivity index (χ1n) is 6.02. The number of rotatable bonds is 0. The summed E-state index contributed by atoms with van der Waals surface area (Å²) in [4.78, 5) is 0. The normalized spacial score (nSPS) is 8.56. The van der Waals surface area contributed by atoms with Crippen LogP contribution in [0.5, 0.6) is 0 Å². The number of nitrogens with two attached hydrogens (primary N) is 1. The van der Waals surface area contributed by atoms with Crippen LogP contribution in [0.2, 0.25) is 0 Å². The van der Waals surface area contributed by atoms with Gasteiger partial charge in [0.25, 0.3) is 0 Å². The smallest absolute Gasteiger partial charge is 0.0323 e. The van der Waals surface area contributed by atoms with Crippen LogP contribution in [0.1, 0.15) is 33.3 Å². The number of anilines is 1. The molecule has 0 bridgehead atoms. The van der Waals surface area contributed by atoms with E-state index in [1.165, 1.54) is 16.3 Å². The summed E-state index contributed by atoms with van der Waals surface area (Å²) in [6, 6.07) is 12.3. The Balaban J connectivity index is 0.000000509. The minimum atomic E-state index is 0.839. The van der Waals surface area contributed by atoms with Crippen LogP contribution >= 0.6 is 0 Å². The van der Waals surface area contributed by atoms with Crippen LogP contribution in [-0.2, 0) is 0 Å². The number of aryl methyl sites for hydroxylation is 1. The minimum Gasteiger partial charge on any atom is -0.399 e. The van der Waals surface area contributed by atoms with Gasteiger partial charge in [0.15, 0.2) is 0 Å². The first kappa shape index (κ1) is 14.5. The van der Waals surface area contributed by atoms with E-state index < -0.39 is 0 Å². The molecule has 88 valence electrons. The third-order valence-corrected chi connectivity index (χ3v) is 2.09. The van der Waals surface area contributed by atoms with Crippen molar-refractivity contribution in [2.45, 2.75) is 34.6 Å². The van der Waals surface area contributed by atoms with E-state index >= 15 is 0 Å². The van der Waals surface area contributed by atoms with Gasteiger partial charge in [-0.15, -0.1) is 0 Å². The SMILES string of the molecule is CC.CC.Cc1cc(N)cc2ccccc12. The maximum atomic E-state index is 5.72. The quantitative estimate of drug-likeness (QED) is 0.631. The van der Waals surface area contributed by atoms with Crippen LogP contribution in [0.25, 0.3) is 10.8 Å². The van der Waals surface area contributed by atoms with Gasteiger partial charge in [-0.1, -0.05) is 52.0 Å². The molecule has 0 spiro atoms. The van der Waals surface area contributed by atoms with Gasteiger partial charge in [-0.05, 0) is 35.4 Å². The van der Waals surface area contributed by atoms with Crippen LogP contribution in [-0.4, -0.2) is 0 Å². The molecule has 0 heterocycles. The molecular formula is C15H23N. The van der Waals surface area contributed by atoms with Crippen molar-refractivity contribution in [1.82, 2.24) is 0 Å². The van der Waals surface area contributed by atoms with Gasteiger partial charge in [-0.3, -0.25) is 0 Å². The maximum absolute atomic E-state index is 5.72. The van der Waals surface area contributed by atoms with E-state index in [2.05, 4.69) is 19.1 Å². The van der Waals surface area contributed by atoms with Gasteiger partial charge in [-0.2, -0.15) is 0 Å². The topological polar surface area (TPSA) is 26.0 Å². The summed E-state index contributed by atoms with van der Waals surface area (Å²) >= 11 is 0. The number of hydrogen-bond acceptors (Lipinski definition) is 1. The van der Waals surface area contributed by atoms with E-state index in [4.69, 9.17) is 5.73 Å². The Bertz CT molecular complexity index is 419. The summed E-state index contributed by atoms with van der Waals surface area (Å²) in [7, 11) is 0. The average Bonchev–Trinajstić information content (AvgIpc) is 2.34. The maximum Gasteiger partial charge on any atom is 0.0323 e. The van der Waals surface area contributed by atoms with Crippen LogP contribution in [0.15, 0.2) is 36.4 Å². The molecule has 2 rings (SSSR count). The summed E-state index contributed by atoms with van der Waals surface area (Å²) in [5, 5.41) is 2.50. The summed E-state index contributed by atoms with van der Waals surface area (Å²) in [5.74, 6) is 0. The molecule has 0 unspecified atom stereocenters. The van der Waals surface area contributed by atoms with Crippen molar-refractivity contribution in [1.29, 1.82) is 0 Å². The zero-order chi connectivity index (χ0) is 12.6. The molecule has 0 aliphatic heterocycles. The van der Waals surface area contributed by atoms with Gasteiger partial charge in [0.2, 0.25) is 0 Å². The van der Waals surface area contributed by atoms with Gasteiger partial charge in [0, 0.05) is 5.69 Å². The van der Waals surface area contributed by atoms with Crippen LogP contribution in [0, 0.1) is 6.92 Å². The number of hydrogen-bond donors (Lipinski definition) is 1. The minimum absolute atomic E-state index is 0.839. The molecule has 0 fully saturated rings. The lowest BCUT2D eigenvalue weighted by Crippen LogP contribution is -1.86. The lowest BCUT2D eigenvalue weighted by atomic mass is 10.1. The number of fused-ring (bicyclic) bond motifs is 1. The fourth-order valence-electron chi connectivity index (χ4n) is 1.53. The van der Waals surface area contributed by atoms with Crippen molar-refractivity contribution in [3.63, 3.8) is 0 Å². The molecule has 1 heteroatoms. The molecule has 0 atom stereocenters. The van der Waals surface area contributed by atoms with E-state index in [-0.39, 0.29) is 0 Å².